The Morgan fingerprint density at radius 2 is 1.93 bits per heavy atom. The summed E-state index contributed by atoms with van der Waals surface area (Å²) in [6.45, 7) is 3.36. The molecule has 3 nitrogen and oxygen atoms in total. The van der Waals surface area contributed by atoms with Gasteiger partial charge in [-0.15, -0.1) is 0 Å². The van der Waals surface area contributed by atoms with Crippen LogP contribution in [0.4, 0.5) is 0 Å². The van der Waals surface area contributed by atoms with Crippen LogP contribution in [0.25, 0.3) is 6.08 Å². The summed E-state index contributed by atoms with van der Waals surface area (Å²) < 4.78 is 0. The van der Waals surface area contributed by atoms with Crippen molar-refractivity contribution in [3.8, 4) is 0 Å². The van der Waals surface area contributed by atoms with Crippen LogP contribution < -0.4 is 5.73 Å². The molecule has 0 aromatic heterocycles. The first kappa shape index (κ1) is 10.1. The molecule has 1 aromatic carbocycles. The molecule has 0 radical (unpaired) electrons. The molecule has 14 heavy (non-hydrogen) atoms. The molecule has 0 aliphatic heterocycles. The maximum atomic E-state index is 10.5. The molecular weight excluding hydrogens is 178 g/mol. The van der Waals surface area contributed by atoms with E-state index in [-0.39, 0.29) is 11.3 Å². The lowest BCUT2D eigenvalue weighted by atomic mass is 10.1. The molecule has 0 aliphatic rings. The molecule has 0 atom stereocenters. The molecule has 0 amide bonds. The van der Waals surface area contributed by atoms with Crippen LogP contribution in [-0.4, -0.2) is 11.1 Å². The van der Waals surface area contributed by atoms with E-state index in [1.165, 1.54) is 0 Å². The summed E-state index contributed by atoms with van der Waals surface area (Å²) in [6, 6.07) is 9.24. The van der Waals surface area contributed by atoms with Crippen molar-refractivity contribution in [3.05, 3.63) is 53.7 Å². The minimum atomic E-state index is -1.10. The van der Waals surface area contributed by atoms with Gasteiger partial charge in [-0.3, -0.25) is 0 Å². The normalized spacial score (nSPS) is 11.0. The van der Waals surface area contributed by atoms with Crippen LogP contribution in [-0.2, 0) is 4.79 Å². The van der Waals surface area contributed by atoms with E-state index in [1.54, 1.807) is 6.08 Å². The van der Waals surface area contributed by atoms with Crippen LogP contribution in [0.15, 0.2) is 48.2 Å². The summed E-state index contributed by atoms with van der Waals surface area (Å²) in [5, 5.41) is 8.61. The lowest BCUT2D eigenvalue weighted by Crippen LogP contribution is -2.08. The number of nitrogens with two attached hydrogens (primary N) is 1. The molecule has 0 bridgehead atoms. The van der Waals surface area contributed by atoms with E-state index in [1.807, 2.05) is 30.3 Å². The third kappa shape index (κ3) is 2.48. The molecule has 3 heteroatoms. The maximum absolute atomic E-state index is 10.5. The summed E-state index contributed by atoms with van der Waals surface area (Å²) in [7, 11) is 0. The molecule has 72 valence electrons. The van der Waals surface area contributed by atoms with Crippen molar-refractivity contribution in [2.75, 3.05) is 0 Å². The minimum absolute atomic E-state index is 0.0890. The van der Waals surface area contributed by atoms with Crippen molar-refractivity contribution in [1.29, 1.82) is 0 Å². The molecule has 1 rings (SSSR count). The Morgan fingerprint density at radius 3 is 2.43 bits per heavy atom. The first-order chi connectivity index (χ1) is 6.61. The largest absolute Gasteiger partial charge is 0.478 e. The van der Waals surface area contributed by atoms with Gasteiger partial charge in [-0.2, -0.15) is 0 Å². The first-order valence-corrected chi connectivity index (χ1v) is 4.06. The summed E-state index contributed by atoms with van der Waals surface area (Å²) in [5.74, 6) is -1.10. The van der Waals surface area contributed by atoms with Gasteiger partial charge in [-0.1, -0.05) is 36.9 Å². The monoisotopic (exact) mass is 189 g/mol. The predicted molar refractivity (Wildman–Crippen MR) is 55.4 cm³/mol. The number of carboxylic acid groups (broad SMARTS) is 1. The molecule has 3 N–H and O–H groups in total. The fourth-order valence-corrected chi connectivity index (χ4v) is 0.939. The van der Waals surface area contributed by atoms with Crippen molar-refractivity contribution < 1.29 is 9.90 Å². The maximum Gasteiger partial charge on any atom is 0.337 e. The van der Waals surface area contributed by atoms with E-state index in [9.17, 15) is 4.79 Å². The number of benzene rings is 1. The van der Waals surface area contributed by atoms with Gasteiger partial charge in [0, 0.05) is 5.70 Å². The molecule has 0 heterocycles. The van der Waals surface area contributed by atoms with E-state index in [0.29, 0.717) is 0 Å². The zero-order valence-electron chi connectivity index (χ0n) is 7.60. The number of carboxylic acids is 1. The predicted octanol–water partition coefficient (Wildman–Crippen LogP) is 1.63. The van der Waals surface area contributed by atoms with Crippen LogP contribution in [0.5, 0.6) is 0 Å². The Hall–Kier alpha value is -2.03. The van der Waals surface area contributed by atoms with Gasteiger partial charge in [0.1, 0.15) is 0 Å². The molecule has 0 saturated heterocycles. The van der Waals surface area contributed by atoms with Gasteiger partial charge in [-0.05, 0) is 11.6 Å². The van der Waals surface area contributed by atoms with Crippen molar-refractivity contribution in [3.63, 3.8) is 0 Å². The lowest BCUT2D eigenvalue weighted by Gasteiger charge is -2.00. The standard InChI is InChI=1S/C11H11NO2/c1-8(11(13)14)10(12)7-9-5-3-2-4-6-9/h2-7H,1,12H2,(H,13,14)/b10-7+. The first-order valence-electron chi connectivity index (χ1n) is 4.06. The highest BCUT2D eigenvalue weighted by Gasteiger charge is 2.05. The van der Waals surface area contributed by atoms with Gasteiger partial charge in [0.05, 0.1) is 5.57 Å². The van der Waals surface area contributed by atoms with Gasteiger partial charge in [0.15, 0.2) is 0 Å². The zero-order valence-corrected chi connectivity index (χ0v) is 7.60. The number of hydrogen-bond acceptors (Lipinski definition) is 2. The average Bonchev–Trinajstić information content (AvgIpc) is 2.18. The Bertz CT molecular complexity index is 380. The molecule has 1 aromatic rings. The lowest BCUT2D eigenvalue weighted by molar-refractivity contribution is -0.132. The Morgan fingerprint density at radius 1 is 1.36 bits per heavy atom. The molecule has 0 unspecified atom stereocenters. The molecular formula is C11H11NO2. The van der Waals surface area contributed by atoms with Gasteiger partial charge in [0.25, 0.3) is 0 Å². The third-order valence-electron chi connectivity index (χ3n) is 1.73. The van der Waals surface area contributed by atoms with Gasteiger partial charge >= 0.3 is 5.97 Å². The Labute approximate surface area is 82.2 Å². The summed E-state index contributed by atoms with van der Waals surface area (Å²) in [5.41, 5.74) is 6.47. The summed E-state index contributed by atoms with van der Waals surface area (Å²) >= 11 is 0. The fraction of sp³-hybridized carbons (Fsp3) is 0. The second kappa shape index (κ2) is 4.28. The van der Waals surface area contributed by atoms with Crippen LogP contribution in [0.1, 0.15) is 5.56 Å². The van der Waals surface area contributed by atoms with E-state index >= 15 is 0 Å². The van der Waals surface area contributed by atoms with Crippen LogP contribution in [0.3, 0.4) is 0 Å². The molecule has 0 spiro atoms. The molecule has 0 fully saturated rings. The summed E-state index contributed by atoms with van der Waals surface area (Å²) in [6.07, 6.45) is 1.58. The number of carbonyl (C=O) groups is 1. The highest BCUT2D eigenvalue weighted by Crippen LogP contribution is 2.08. The smallest absolute Gasteiger partial charge is 0.337 e. The number of rotatable bonds is 3. The second-order valence-electron chi connectivity index (χ2n) is 2.79. The van der Waals surface area contributed by atoms with Crippen molar-refractivity contribution in [2.45, 2.75) is 0 Å². The van der Waals surface area contributed by atoms with Crippen molar-refractivity contribution in [1.82, 2.24) is 0 Å². The fourth-order valence-electron chi connectivity index (χ4n) is 0.939. The van der Waals surface area contributed by atoms with Gasteiger partial charge in [-0.25, -0.2) is 4.79 Å². The topological polar surface area (TPSA) is 63.3 Å². The van der Waals surface area contributed by atoms with Gasteiger partial charge < -0.3 is 10.8 Å². The van der Waals surface area contributed by atoms with E-state index < -0.39 is 5.97 Å². The molecule has 0 aliphatic carbocycles. The van der Waals surface area contributed by atoms with E-state index in [4.69, 9.17) is 10.8 Å². The minimum Gasteiger partial charge on any atom is -0.478 e. The Balaban J connectivity index is 2.90. The SMILES string of the molecule is C=C(C(=O)O)/C(N)=C\c1ccccc1. The number of aliphatic carboxylic acids is 1. The van der Waals surface area contributed by atoms with Crippen LogP contribution in [0, 0.1) is 0 Å². The van der Waals surface area contributed by atoms with Crippen molar-refractivity contribution in [2.24, 2.45) is 5.73 Å². The Kier molecular flexibility index (Phi) is 3.07. The van der Waals surface area contributed by atoms with Crippen molar-refractivity contribution >= 4 is 12.0 Å². The second-order valence-corrected chi connectivity index (χ2v) is 2.79. The number of hydrogen-bond donors (Lipinski definition) is 2. The zero-order chi connectivity index (χ0) is 10.6. The van der Waals surface area contributed by atoms with Crippen LogP contribution in [0.2, 0.25) is 0 Å². The van der Waals surface area contributed by atoms with E-state index in [2.05, 4.69) is 6.58 Å². The van der Waals surface area contributed by atoms with E-state index in [0.717, 1.165) is 5.56 Å². The van der Waals surface area contributed by atoms with Crippen LogP contribution >= 0.6 is 0 Å². The highest BCUT2D eigenvalue weighted by atomic mass is 16.4. The summed E-state index contributed by atoms with van der Waals surface area (Å²) in [4.78, 5) is 10.5. The third-order valence-corrected chi connectivity index (χ3v) is 1.73. The molecule has 0 saturated carbocycles. The average molecular weight is 189 g/mol. The quantitative estimate of drug-likeness (QED) is 0.561. The van der Waals surface area contributed by atoms with Gasteiger partial charge in [0.2, 0.25) is 0 Å². The highest BCUT2D eigenvalue weighted by molar-refractivity contribution is 5.92.